The molecule has 1 aliphatic heterocycles. The number of halogens is 1. The third kappa shape index (κ3) is 2.63. The van der Waals surface area contributed by atoms with Gasteiger partial charge in [0.15, 0.2) is 15.5 Å². The van der Waals surface area contributed by atoms with Gasteiger partial charge in [-0.3, -0.25) is 0 Å². The average Bonchev–Trinajstić information content (AvgIpc) is 2.59. The summed E-state index contributed by atoms with van der Waals surface area (Å²) >= 11 is 8.12. The summed E-state index contributed by atoms with van der Waals surface area (Å²) in [5.41, 5.74) is 0. The lowest BCUT2D eigenvalue weighted by Gasteiger charge is -2.19. The molecule has 3 aromatic rings. The molecule has 0 unspecified atom stereocenters. The van der Waals surface area contributed by atoms with E-state index in [2.05, 4.69) is 48.5 Å². The monoisotopic (exact) mass is 357 g/mol. The molecule has 0 fully saturated rings. The molecule has 23 heavy (non-hydrogen) atoms. The van der Waals surface area contributed by atoms with Crippen LogP contribution in [0.5, 0.6) is 5.75 Å². The van der Waals surface area contributed by atoms with E-state index in [4.69, 9.17) is 16.3 Å². The fourth-order valence-corrected chi connectivity index (χ4v) is 6.82. The van der Waals surface area contributed by atoms with Crippen LogP contribution in [0.2, 0.25) is 5.02 Å². The van der Waals surface area contributed by atoms with Gasteiger partial charge in [0, 0.05) is 11.1 Å². The van der Waals surface area contributed by atoms with Gasteiger partial charge in [0.05, 0.1) is 16.9 Å². The lowest BCUT2D eigenvalue weighted by atomic mass is 10.3. The third-order valence-electron chi connectivity index (χ3n) is 3.70. The summed E-state index contributed by atoms with van der Waals surface area (Å²) in [6.07, 6.45) is 0. The summed E-state index contributed by atoms with van der Waals surface area (Å²) < 4.78 is 5.63. The number of methoxy groups -OCH3 is 1. The van der Waals surface area contributed by atoms with Crippen LogP contribution >= 0.6 is 23.4 Å². The Morgan fingerprint density at radius 3 is 2.04 bits per heavy atom. The van der Waals surface area contributed by atoms with Crippen LogP contribution in [-0.2, 0) is 10.9 Å². The molecule has 4 rings (SSSR count). The molecule has 0 aliphatic carbocycles. The Kier molecular flexibility index (Phi) is 4.02. The summed E-state index contributed by atoms with van der Waals surface area (Å²) in [5.74, 6) is 0.884. The van der Waals surface area contributed by atoms with Crippen molar-refractivity contribution in [3.05, 3.63) is 71.8 Å². The molecular formula is C19H14ClOS2+. The number of hydrogen-bond donors (Lipinski definition) is 0. The maximum atomic E-state index is 6.29. The second-order valence-corrected chi connectivity index (χ2v) is 8.55. The van der Waals surface area contributed by atoms with Crippen LogP contribution in [0.1, 0.15) is 0 Å². The van der Waals surface area contributed by atoms with Gasteiger partial charge in [0.25, 0.3) is 0 Å². The van der Waals surface area contributed by atoms with E-state index >= 15 is 0 Å². The Balaban J connectivity index is 2.00. The minimum absolute atomic E-state index is 0.210. The van der Waals surface area contributed by atoms with Gasteiger partial charge in [-0.15, -0.1) is 0 Å². The van der Waals surface area contributed by atoms with Gasteiger partial charge < -0.3 is 4.74 Å². The number of rotatable bonds is 2. The van der Waals surface area contributed by atoms with Gasteiger partial charge in [-0.05, 0) is 36.4 Å². The molecule has 0 saturated carbocycles. The Morgan fingerprint density at radius 1 is 0.826 bits per heavy atom. The molecule has 4 heteroatoms. The number of hydrogen-bond acceptors (Lipinski definition) is 2. The lowest BCUT2D eigenvalue weighted by molar-refractivity contribution is 0.404. The van der Waals surface area contributed by atoms with Crippen molar-refractivity contribution in [2.24, 2.45) is 0 Å². The molecule has 0 atom stereocenters. The first kappa shape index (κ1) is 15.0. The van der Waals surface area contributed by atoms with Gasteiger partial charge in [-0.1, -0.05) is 47.6 Å². The number of ether oxygens (including phenoxy) is 1. The second kappa shape index (κ2) is 6.16. The first-order valence-electron chi connectivity index (χ1n) is 7.21. The molecule has 0 bridgehead atoms. The summed E-state index contributed by atoms with van der Waals surface area (Å²) in [7, 11) is 1.50. The molecular weight excluding hydrogens is 344 g/mol. The molecule has 0 radical (unpaired) electrons. The van der Waals surface area contributed by atoms with Crippen LogP contribution in [0.3, 0.4) is 0 Å². The Bertz CT molecular complexity index is 833. The van der Waals surface area contributed by atoms with Gasteiger partial charge >= 0.3 is 0 Å². The summed E-state index contributed by atoms with van der Waals surface area (Å²) in [5, 5.41) is 0.737. The standard InChI is InChI=1S/C19H14ClOS2/c1-21-14-11-10-13(20)12-19(14)23-17-8-4-2-6-15(17)22-16-7-3-5-9-18(16)23/h2-12H,1H3/q+1. The van der Waals surface area contributed by atoms with Crippen LogP contribution in [0.15, 0.2) is 91.2 Å². The highest BCUT2D eigenvalue weighted by molar-refractivity contribution is 8.04. The van der Waals surface area contributed by atoms with Gasteiger partial charge in [0.2, 0.25) is 4.90 Å². The topological polar surface area (TPSA) is 9.23 Å². The molecule has 114 valence electrons. The average molecular weight is 358 g/mol. The lowest BCUT2D eigenvalue weighted by Crippen LogP contribution is -2.12. The fraction of sp³-hybridized carbons (Fsp3) is 0.0526. The van der Waals surface area contributed by atoms with Crippen molar-refractivity contribution in [1.29, 1.82) is 0 Å². The minimum Gasteiger partial charge on any atom is -0.491 e. The summed E-state index contributed by atoms with van der Waals surface area (Å²) in [6, 6.07) is 23.1. The Labute approximate surface area is 148 Å². The highest BCUT2D eigenvalue weighted by Crippen LogP contribution is 2.50. The molecule has 0 amide bonds. The van der Waals surface area contributed by atoms with Crippen molar-refractivity contribution in [2.75, 3.05) is 7.11 Å². The molecule has 0 aromatic heterocycles. The summed E-state index contributed by atoms with van der Waals surface area (Å²) in [4.78, 5) is 6.40. The highest BCUT2D eigenvalue weighted by atomic mass is 35.5. The SMILES string of the molecule is COc1ccc(Cl)cc1[S+]1c2ccccc2Sc2ccccc21. The zero-order valence-electron chi connectivity index (χ0n) is 12.5. The number of fused-ring (bicyclic) bond motifs is 2. The van der Waals surface area contributed by atoms with E-state index in [1.165, 1.54) is 19.6 Å². The third-order valence-corrected chi connectivity index (χ3v) is 7.70. The minimum atomic E-state index is -0.210. The molecule has 0 spiro atoms. The van der Waals surface area contributed by atoms with E-state index in [0.29, 0.717) is 0 Å². The smallest absolute Gasteiger partial charge is 0.209 e. The first-order valence-corrected chi connectivity index (χ1v) is 9.63. The molecule has 0 saturated heterocycles. The van der Waals surface area contributed by atoms with E-state index in [9.17, 15) is 0 Å². The van der Waals surface area contributed by atoms with E-state index < -0.39 is 0 Å². The second-order valence-electron chi connectivity index (χ2n) is 5.10. The van der Waals surface area contributed by atoms with E-state index in [1.54, 1.807) is 7.11 Å². The van der Waals surface area contributed by atoms with E-state index in [0.717, 1.165) is 15.7 Å². The largest absolute Gasteiger partial charge is 0.491 e. The Morgan fingerprint density at radius 2 is 1.43 bits per heavy atom. The van der Waals surface area contributed by atoms with Crippen molar-refractivity contribution in [2.45, 2.75) is 24.5 Å². The van der Waals surface area contributed by atoms with Crippen molar-refractivity contribution >= 4 is 34.3 Å². The van der Waals surface area contributed by atoms with Gasteiger partial charge in [-0.25, -0.2) is 0 Å². The van der Waals surface area contributed by atoms with E-state index in [1.807, 2.05) is 30.0 Å². The van der Waals surface area contributed by atoms with Crippen LogP contribution in [-0.4, -0.2) is 7.11 Å². The van der Waals surface area contributed by atoms with Gasteiger partial charge in [0.1, 0.15) is 10.9 Å². The highest BCUT2D eigenvalue weighted by Gasteiger charge is 2.39. The predicted molar refractivity (Wildman–Crippen MR) is 97.2 cm³/mol. The molecule has 0 N–H and O–H groups in total. The first-order chi connectivity index (χ1) is 11.3. The van der Waals surface area contributed by atoms with Crippen LogP contribution in [0, 0.1) is 0 Å². The normalized spacial score (nSPS) is 13.3. The molecule has 1 aliphatic rings. The molecule has 1 nitrogen and oxygen atoms in total. The van der Waals surface area contributed by atoms with Crippen molar-refractivity contribution < 1.29 is 4.74 Å². The maximum Gasteiger partial charge on any atom is 0.209 e. The quantitative estimate of drug-likeness (QED) is 0.412. The maximum absolute atomic E-state index is 6.29. The van der Waals surface area contributed by atoms with Crippen molar-refractivity contribution in [3.8, 4) is 5.75 Å². The fourth-order valence-electron chi connectivity index (χ4n) is 2.69. The predicted octanol–water partition coefficient (Wildman–Crippen LogP) is 5.91. The van der Waals surface area contributed by atoms with Crippen LogP contribution in [0.25, 0.3) is 0 Å². The van der Waals surface area contributed by atoms with Gasteiger partial charge in [-0.2, -0.15) is 0 Å². The van der Waals surface area contributed by atoms with Crippen molar-refractivity contribution in [3.63, 3.8) is 0 Å². The Hall–Kier alpha value is -1.55. The van der Waals surface area contributed by atoms with Crippen molar-refractivity contribution in [1.82, 2.24) is 0 Å². The molecule has 1 heterocycles. The van der Waals surface area contributed by atoms with E-state index in [-0.39, 0.29) is 10.9 Å². The number of benzene rings is 3. The zero-order chi connectivity index (χ0) is 15.8. The van der Waals surface area contributed by atoms with Crippen LogP contribution < -0.4 is 4.74 Å². The molecule has 3 aromatic carbocycles. The van der Waals surface area contributed by atoms with Crippen LogP contribution in [0.4, 0.5) is 0 Å². The zero-order valence-corrected chi connectivity index (χ0v) is 14.8. The summed E-state index contributed by atoms with van der Waals surface area (Å²) in [6.45, 7) is 0.